The molecule has 1 heterocycles. The molecule has 0 spiro atoms. The second-order valence-corrected chi connectivity index (χ2v) is 9.38. The van der Waals surface area contributed by atoms with E-state index >= 15 is 0 Å². The van der Waals surface area contributed by atoms with Gasteiger partial charge >= 0.3 is 0 Å². The summed E-state index contributed by atoms with van der Waals surface area (Å²) in [5.41, 5.74) is 0.932. The van der Waals surface area contributed by atoms with Gasteiger partial charge in [-0.05, 0) is 50.1 Å². The van der Waals surface area contributed by atoms with Gasteiger partial charge < -0.3 is 10.6 Å². The topological polar surface area (TPSA) is 96.6 Å². The van der Waals surface area contributed by atoms with E-state index in [2.05, 4.69) is 22.5 Å². The van der Waals surface area contributed by atoms with Gasteiger partial charge in [-0.25, -0.2) is 18.5 Å². The van der Waals surface area contributed by atoms with Gasteiger partial charge in [0.1, 0.15) is 0 Å². The molecule has 1 aliphatic heterocycles. The Morgan fingerprint density at radius 3 is 2.52 bits per heavy atom. The number of benzene rings is 1. The maximum absolute atomic E-state index is 11.3. The summed E-state index contributed by atoms with van der Waals surface area (Å²) < 4.78 is 22.8. The summed E-state index contributed by atoms with van der Waals surface area (Å²) in [6.45, 7) is 6.47. The van der Waals surface area contributed by atoms with E-state index in [0.717, 1.165) is 24.6 Å². The number of thioether (sulfide) groups is 1. The zero-order valence-electron chi connectivity index (χ0n) is 14.6. The minimum atomic E-state index is -3.65. The van der Waals surface area contributed by atoms with Gasteiger partial charge in [0.2, 0.25) is 10.0 Å². The van der Waals surface area contributed by atoms with E-state index in [1.807, 2.05) is 18.7 Å². The largest absolute Gasteiger partial charge is 0.357 e. The third kappa shape index (κ3) is 7.32. The van der Waals surface area contributed by atoms with E-state index in [1.54, 1.807) is 12.1 Å². The minimum absolute atomic E-state index is 0. The SMILES string of the molecule is CCNC(=NCc1ccc(S(N)(=O)=O)cc1)NCC1(C)CCCS1.I. The van der Waals surface area contributed by atoms with Gasteiger partial charge in [-0.3, -0.25) is 0 Å². The predicted octanol–water partition coefficient (Wildman–Crippen LogP) is 2.29. The molecule has 0 aliphatic carbocycles. The molecule has 0 saturated carbocycles. The van der Waals surface area contributed by atoms with Crippen LogP contribution in [0.4, 0.5) is 0 Å². The van der Waals surface area contributed by atoms with Crippen molar-refractivity contribution in [2.24, 2.45) is 10.1 Å². The smallest absolute Gasteiger partial charge is 0.238 e. The lowest BCUT2D eigenvalue weighted by Crippen LogP contribution is -2.43. The molecular weight excluding hydrogens is 471 g/mol. The zero-order valence-corrected chi connectivity index (χ0v) is 18.6. The normalized spacial score (nSPS) is 20.8. The number of hydrogen-bond donors (Lipinski definition) is 3. The van der Waals surface area contributed by atoms with Crippen molar-refractivity contribution in [3.8, 4) is 0 Å². The van der Waals surface area contributed by atoms with Crippen molar-refractivity contribution in [2.75, 3.05) is 18.8 Å². The number of sulfonamides is 1. The Hall–Kier alpha value is -0.520. The lowest BCUT2D eigenvalue weighted by Gasteiger charge is -2.24. The molecule has 9 heteroatoms. The van der Waals surface area contributed by atoms with Crippen molar-refractivity contribution in [3.63, 3.8) is 0 Å². The Balaban J connectivity index is 0.00000312. The number of nitrogens with one attached hydrogen (secondary N) is 2. The average molecular weight is 498 g/mol. The molecule has 0 amide bonds. The third-order valence-corrected chi connectivity index (χ3v) is 6.41. The van der Waals surface area contributed by atoms with Gasteiger partial charge in [0.25, 0.3) is 0 Å². The van der Waals surface area contributed by atoms with Crippen LogP contribution in [0, 0.1) is 0 Å². The molecule has 1 saturated heterocycles. The summed E-state index contributed by atoms with van der Waals surface area (Å²) in [4.78, 5) is 4.69. The summed E-state index contributed by atoms with van der Waals surface area (Å²) in [5, 5.41) is 11.8. The summed E-state index contributed by atoms with van der Waals surface area (Å²) in [5.74, 6) is 2.00. The van der Waals surface area contributed by atoms with Crippen LogP contribution in [-0.2, 0) is 16.6 Å². The fraction of sp³-hybridized carbons (Fsp3) is 0.562. The Bertz CT molecular complexity index is 672. The highest BCUT2D eigenvalue weighted by Gasteiger charge is 2.29. The fourth-order valence-electron chi connectivity index (χ4n) is 2.54. The lowest BCUT2D eigenvalue weighted by molar-refractivity contribution is 0.584. The molecule has 0 radical (unpaired) electrons. The summed E-state index contributed by atoms with van der Waals surface area (Å²) >= 11 is 2.01. The third-order valence-electron chi connectivity index (χ3n) is 3.95. The Kier molecular flexibility index (Phi) is 8.99. The number of nitrogens with zero attached hydrogens (tertiary/aromatic N) is 1. The molecule has 1 unspecified atom stereocenters. The van der Waals surface area contributed by atoms with Crippen LogP contribution in [0.3, 0.4) is 0 Å². The van der Waals surface area contributed by atoms with Crippen LogP contribution >= 0.6 is 35.7 Å². The number of aliphatic imine (C=N–C) groups is 1. The zero-order chi connectivity index (χ0) is 17.6. The highest BCUT2D eigenvalue weighted by molar-refractivity contribution is 14.0. The molecule has 4 N–H and O–H groups in total. The summed E-state index contributed by atoms with van der Waals surface area (Å²) in [7, 11) is -3.65. The summed E-state index contributed by atoms with van der Waals surface area (Å²) in [6.07, 6.45) is 2.49. The maximum Gasteiger partial charge on any atom is 0.238 e. The van der Waals surface area contributed by atoms with Gasteiger partial charge in [0.15, 0.2) is 5.96 Å². The van der Waals surface area contributed by atoms with E-state index in [0.29, 0.717) is 6.54 Å². The molecule has 1 aliphatic rings. The molecule has 142 valence electrons. The highest BCUT2D eigenvalue weighted by Crippen LogP contribution is 2.36. The number of nitrogens with two attached hydrogens (primary N) is 1. The first-order valence-corrected chi connectivity index (χ1v) is 10.6. The van der Waals surface area contributed by atoms with Crippen LogP contribution in [0.5, 0.6) is 0 Å². The van der Waals surface area contributed by atoms with Crippen molar-refractivity contribution >= 4 is 51.7 Å². The molecule has 1 aromatic rings. The first-order chi connectivity index (χ1) is 11.3. The molecular formula is C16H27IN4O2S2. The molecule has 1 fully saturated rings. The highest BCUT2D eigenvalue weighted by atomic mass is 127. The second kappa shape index (κ2) is 9.98. The summed E-state index contributed by atoms with van der Waals surface area (Å²) in [6, 6.07) is 6.50. The molecule has 2 rings (SSSR count). The molecule has 1 atom stereocenters. The molecule has 1 aromatic carbocycles. The van der Waals surface area contributed by atoms with Crippen molar-refractivity contribution < 1.29 is 8.42 Å². The average Bonchev–Trinajstić information content (AvgIpc) is 2.97. The minimum Gasteiger partial charge on any atom is -0.357 e. The Morgan fingerprint density at radius 1 is 1.32 bits per heavy atom. The van der Waals surface area contributed by atoms with E-state index in [1.165, 1.54) is 30.7 Å². The molecule has 0 bridgehead atoms. The van der Waals surface area contributed by atoms with Crippen LogP contribution < -0.4 is 15.8 Å². The number of hydrogen-bond acceptors (Lipinski definition) is 4. The van der Waals surface area contributed by atoms with Gasteiger partial charge in [-0.15, -0.1) is 24.0 Å². The van der Waals surface area contributed by atoms with E-state index in [9.17, 15) is 8.42 Å². The quantitative estimate of drug-likeness (QED) is 0.318. The van der Waals surface area contributed by atoms with Crippen molar-refractivity contribution in [2.45, 2.75) is 42.9 Å². The fourth-order valence-corrected chi connectivity index (χ4v) is 4.30. The van der Waals surface area contributed by atoms with Crippen molar-refractivity contribution in [1.82, 2.24) is 10.6 Å². The van der Waals surface area contributed by atoms with Crippen LogP contribution in [0.25, 0.3) is 0 Å². The van der Waals surface area contributed by atoms with Gasteiger partial charge in [0, 0.05) is 17.8 Å². The first-order valence-electron chi connectivity index (χ1n) is 8.10. The van der Waals surface area contributed by atoms with E-state index in [-0.39, 0.29) is 33.6 Å². The second-order valence-electron chi connectivity index (χ2n) is 6.14. The lowest BCUT2D eigenvalue weighted by atomic mass is 10.1. The van der Waals surface area contributed by atoms with Gasteiger partial charge in [-0.1, -0.05) is 12.1 Å². The van der Waals surface area contributed by atoms with Crippen LogP contribution in [0.1, 0.15) is 32.3 Å². The number of primary sulfonamides is 1. The van der Waals surface area contributed by atoms with E-state index < -0.39 is 10.0 Å². The van der Waals surface area contributed by atoms with Crippen molar-refractivity contribution in [3.05, 3.63) is 29.8 Å². The monoisotopic (exact) mass is 498 g/mol. The standard InChI is InChI=1S/C16H26N4O2S2.HI/c1-3-18-15(20-12-16(2)9-4-10-23-16)19-11-13-5-7-14(8-6-13)24(17,21)22;/h5-8H,3-4,9-12H2,1-2H3,(H2,17,21,22)(H2,18,19,20);1H. The van der Waals surface area contributed by atoms with Crippen LogP contribution in [-0.4, -0.2) is 38.0 Å². The Morgan fingerprint density at radius 2 is 2.00 bits per heavy atom. The molecule has 6 nitrogen and oxygen atoms in total. The maximum atomic E-state index is 11.3. The van der Waals surface area contributed by atoms with Gasteiger partial charge in [-0.2, -0.15) is 11.8 Å². The molecule has 0 aromatic heterocycles. The number of halogens is 1. The van der Waals surface area contributed by atoms with Crippen LogP contribution in [0.15, 0.2) is 34.2 Å². The number of rotatable bonds is 6. The Labute approximate surface area is 171 Å². The molecule has 25 heavy (non-hydrogen) atoms. The van der Waals surface area contributed by atoms with Gasteiger partial charge in [0.05, 0.1) is 11.4 Å². The van der Waals surface area contributed by atoms with E-state index in [4.69, 9.17) is 5.14 Å². The first kappa shape index (κ1) is 22.5. The van der Waals surface area contributed by atoms with Crippen molar-refractivity contribution in [1.29, 1.82) is 0 Å². The van der Waals surface area contributed by atoms with Crippen LogP contribution in [0.2, 0.25) is 0 Å². The predicted molar refractivity (Wildman–Crippen MR) is 116 cm³/mol. The number of guanidine groups is 1.